The number of hydrogen-bond acceptors (Lipinski definition) is 1. The standard InChI is InChI=1S/C18H16O/c19-18(15-10-2-1-3-11-15)17-13-7-6-12-16(17)14-8-4-5-9-14/h1-8,10-13,18-19H,9H2. The van der Waals surface area contributed by atoms with E-state index >= 15 is 0 Å². The summed E-state index contributed by atoms with van der Waals surface area (Å²) in [5.41, 5.74) is 4.32. The lowest BCUT2D eigenvalue weighted by molar-refractivity contribution is 0.220. The molecule has 2 aromatic carbocycles. The molecule has 1 aliphatic carbocycles. The molecule has 1 unspecified atom stereocenters. The molecule has 19 heavy (non-hydrogen) atoms. The minimum absolute atomic E-state index is 0.570. The second kappa shape index (κ2) is 5.25. The Labute approximate surface area is 113 Å². The molecule has 1 aliphatic rings. The van der Waals surface area contributed by atoms with E-state index in [-0.39, 0.29) is 0 Å². The van der Waals surface area contributed by atoms with Crippen molar-refractivity contribution in [2.45, 2.75) is 12.5 Å². The molecule has 0 bridgehead atoms. The topological polar surface area (TPSA) is 20.2 Å². The molecule has 3 rings (SSSR count). The molecular weight excluding hydrogens is 232 g/mol. The van der Waals surface area contributed by atoms with Gasteiger partial charge in [-0.2, -0.15) is 0 Å². The van der Waals surface area contributed by atoms with E-state index in [0.717, 1.165) is 23.1 Å². The van der Waals surface area contributed by atoms with E-state index in [0.29, 0.717) is 0 Å². The monoisotopic (exact) mass is 248 g/mol. The molecule has 0 saturated carbocycles. The molecule has 0 heterocycles. The van der Waals surface area contributed by atoms with Crippen molar-refractivity contribution in [1.82, 2.24) is 0 Å². The molecule has 0 radical (unpaired) electrons. The van der Waals surface area contributed by atoms with Crippen LogP contribution in [0, 0.1) is 0 Å². The van der Waals surface area contributed by atoms with Crippen LogP contribution in [0.4, 0.5) is 0 Å². The van der Waals surface area contributed by atoms with E-state index in [1.807, 2.05) is 48.5 Å². The molecule has 0 amide bonds. The van der Waals surface area contributed by atoms with Gasteiger partial charge in [0.1, 0.15) is 6.10 Å². The molecular formula is C18H16O. The van der Waals surface area contributed by atoms with Crippen LogP contribution in [0.15, 0.2) is 72.8 Å². The highest BCUT2D eigenvalue weighted by Crippen LogP contribution is 2.32. The summed E-state index contributed by atoms with van der Waals surface area (Å²) >= 11 is 0. The smallest absolute Gasteiger partial charge is 0.105 e. The maximum atomic E-state index is 10.6. The van der Waals surface area contributed by atoms with Crippen LogP contribution in [-0.2, 0) is 0 Å². The maximum Gasteiger partial charge on any atom is 0.105 e. The van der Waals surface area contributed by atoms with Gasteiger partial charge >= 0.3 is 0 Å². The highest BCUT2D eigenvalue weighted by molar-refractivity contribution is 5.73. The van der Waals surface area contributed by atoms with Crippen LogP contribution in [0.5, 0.6) is 0 Å². The maximum absolute atomic E-state index is 10.6. The van der Waals surface area contributed by atoms with E-state index < -0.39 is 6.10 Å². The zero-order chi connectivity index (χ0) is 13.1. The molecule has 1 nitrogen and oxygen atoms in total. The fourth-order valence-electron chi connectivity index (χ4n) is 2.49. The summed E-state index contributed by atoms with van der Waals surface area (Å²) in [7, 11) is 0. The lowest BCUT2D eigenvalue weighted by Crippen LogP contribution is -2.03. The summed E-state index contributed by atoms with van der Waals surface area (Å²) in [5, 5.41) is 10.6. The largest absolute Gasteiger partial charge is 0.384 e. The van der Waals surface area contributed by atoms with Crippen LogP contribution in [0.1, 0.15) is 29.2 Å². The van der Waals surface area contributed by atoms with Crippen LogP contribution in [-0.4, -0.2) is 5.11 Å². The Bertz CT molecular complexity index is 623. The fourth-order valence-corrected chi connectivity index (χ4v) is 2.49. The van der Waals surface area contributed by atoms with Gasteiger partial charge in [0, 0.05) is 0 Å². The Morgan fingerprint density at radius 2 is 1.63 bits per heavy atom. The minimum atomic E-state index is -0.570. The highest BCUT2D eigenvalue weighted by Gasteiger charge is 2.16. The molecule has 0 spiro atoms. The first-order chi connectivity index (χ1) is 9.36. The Hall–Kier alpha value is -2.12. The van der Waals surface area contributed by atoms with Gasteiger partial charge in [0.15, 0.2) is 0 Å². The van der Waals surface area contributed by atoms with Crippen molar-refractivity contribution in [3.05, 3.63) is 89.5 Å². The molecule has 1 atom stereocenters. The number of allylic oxidation sites excluding steroid dienone is 4. The van der Waals surface area contributed by atoms with E-state index in [4.69, 9.17) is 0 Å². The van der Waals surface area contributed by atoms with Gasteiger partial charge in [0.2, 0.25) is 0 Å². The predicted molar refractivity (Wildman–Crippen MR) is 78.7 cm³/mol. The van der Waals surface area contributed by atoms with Gasteiger partial charge in [0.05, 0.1) is 0 Å². The van der Waals surface area contributed by atoms with E-state index in [1.54, 1.807) is 0 Å². The van der Waals surface area contributed by atoms with Crippen molar-refractivity contribution in [2.75, 3.05) is 0 Å². The summed E-state index contributed by atoms with van der Waals surface area (Å²) in [4.78, 5) is 0. The second-order valence-corrected chi connectivity index (χ2v) is 4.72. The summed E-state index contributed by atoms with van der Waals surface area (Å²) < 4.78 is 0. The third kappa shape index (κ3) is 2.38. The first-order valence-electron chi connectivity index (χ1n) is 6.54. The summed E-state index contributed by atoms with van der Waals surface area (Å²) in [6, 6.07) is 17.9. The number of benzene rings is 2. The molecule has 0 saturated heterocycles. The molecule has 0 fully saturated rings. The SMILES string of the molecule is OC(c1ccccc1)c1ccccc1C1=CC=CC1. The van der Waals surface area contributed by atoms with Gasteiger partial charge in [-0.25, -0.2) is 0 Å². The molecule has 1 N–H and O–H groups in total. The number of hydrogen-bond donors (Lipinski definition) is 1. The van der Waals surface area contributed by atoms with Gasteiger partial charge in [-0.1, -0.05) is 72.8 Å². The van der Waals surface area contributed by atoms with Crippen molar-refractivity contribution >= 4 is 5.57 Å². The number of aliphatic hydroxyl groups excluding tert-OH is 1. The minimum Gasteiger partial charge on any atom is -0.384 e. The van der Waals surface area contributed by atoms with Crippen LogP contribution in [0.2, 0.25) is 0 Å². The van der Waals surface area contributed by atoms with E-state index in [1.165, 1.54) is 5.57 Å². The average Bonchev–Trinajstić information content (AvgIpc) is 3.01. The van der Waals surface area contributed by atoms with E-state index in [2.05, 4.69) is 24.3 Å². The van der Waals surface area contributed by atoms with Crippen molar-refractivity contribution in [3.63, 3.8) is 0 Å². The third-order valence-corrected chi connectivity index (χ3v) is 3.49. The Kier molecular flexibility index (Phi) is 3.30. The number of aliphatic hydroxyl groups is 1. The normalized spacial score (nSPS) is 15.3. The summed E-state index contributed by atoms with van der Waals surface area (Å²) in [6.45, 7) is 0. The predicted octanol–water partition coefficient (Wildman–Crippen LogP) is 4.11. The first kappa shape index (κ1) is 11.9. The summed E-state index contributed by atoms with van der Waals surface area (Å²) in [6.07, 6.45) is 6.70. The molecule has 0 aliphatic heterocycles. The Balaban J connectivity index is 2.01. The van der Waals surface area contributed by atoms with Crippen molar-refractivity contribution < 1.29 is 5.11 Å². The zero-order valence-corrected chi connectivity index (χ0v) is 10.7. The third-order valence-electron chi connectivity index (χ3n) is 3.49. The molecule has 1 heteroatoms. The zero-order valence-electron chi connectivity index (χ0n) is 10.7. The fraction of sp³-hybridized carbons (Fsp3) is 0.111. The van der Waals surface area contributed by atoms with Crippen molar-refractivity contribution in [2.24, 2.45) is 0 Å². The Morgan fingerprint density at radius 1 is 0.895 bits per heavy atom. The lowest BCUT2D eigenvalue weighted by Gasteiger charge is -2.16. The molecule has 94 valence electrons. The Morgan fingerprint density at radius 3 is 2.37 bits per heavy atom. The number of rotatable bonds is 3. The van der Waals surface area contributed by atoms with Crippen LogP contribution in [0.3, 0.4) is 0 Å². The van der Waals surface area contributed by atoms with Crippen LogP contribution >= 0.6 is 0 Å². The first-order valence-corrected chi connectivity index (χ1v) is 6.54. The summed E-state index contributed by atoms with van der Waals surface area (Å²) in [5.74, 6) is 0. The quantitative estimate of drug-likeness (QED) is 0.866. The van der Waals surface area contributed by atoms with Gasteiger partial charge in [-0.3, -0.25) is 0 Å². The lowest BCUT2D eigenvalue weighted by atomic mass is 9.92. The van der Waals surface area contributed by atoms with Crippen molar-refractivity contribution in [1.29, 1.82) is 0 Å². The van der Waals surface area contributed by atoms with Crippen LogP contribution in [0.25, 0.3) is 5.57 Å². The van der Waals surface area contributed by atoms with E-state index in [9.17, 15) is 5.11 Å². The second-order valence-electron chi connectivity index (χ2n) is 4.72. The van der Waals surface area contributed by atoms with Crippen molar-refractivity contribution in [3.8, 4) is 0 Å². The average molecular weight is 248 g/mol. The van der Waals surface area contributed by atoms with Gasteiger partial charge in [-0.15, -0.1) is 0 Å². The van der Waals surface area contributed by atoms with Gasteiger partial charge in [0.25, 0.3) is 0 Å². The highest BCUT2D eigenvalue weighted by atomic mass is 16.3. The molecule has 0 aromatic heterocycles. The van der Waals surface area contributed by atoms with Gasteiger partial charge in [-0.05, 0) is 28.7 Å². The van der Waals surface area contributed by atoms with Crippen LogP contribution < -0.4 is 0 Å². The molecule has 2 aromatic rings. The van der Waals surface area contributed by atoms with Gasteiger partial charge < -0.3 is 5.11 Å².